The predicted molar refractivity (Wildman–Crippen MR) is 40.5 cm³/mol. The Morgan fingerprint density at radius 1 is 1.70 bits per heavy atom. The van der Waals surface area contributed by atoms with Crippen LogP contribution in [0.5, 0.6) is 0 Å². The minimum Gasteiger partial charge on any atom is -0.322 e. The first-order valence-electron chi connectivity index (χ1n) is 3.50. The summed E-state index contributed by atoms with van der Waals surface area (Å²) in [6.45, 7) is 4.59. The smallest absolute Gasteiger partial charge is 0.109 e. The third kappa shape index (κ3) is 1.19. The number of hydrogen-bond acceptors (Lipinski definition) is 2. The zero-order chi connectivity index (χ0) is 7.56. The van der Waals surface area contributed by atoms with Crippen LogP contribution in [0, 0.1) is 6.92 Å². The molecular weight excluding hydrogens is 126 g/mol. The summed E-state index contributed by atoms with van der Waals surface area (Å²) in [4.78, 5) is 4.28. The SMILES string of the molecule is CCc1nc(C)cn1CN. The molecule has 1 aromatic heterocycles. The summed E-state index contributed by atoms with van der Waals surface area (Å²) in [5.74, 6) is 1.07. The van der Waals surface area contributed by atoms with Crippen molar-refractivity contribution in [3.8, 4) is 0 Å². The molecule has 1 heterocycles. The molecule has 0 atom stereocenters. The van der Waals surface area contributed by atoms with Crippen molar-refractivity contribution in [3.63, 3.8) is 0 Å². The van der Waals surface area contributed by atoms with Crippen molar-refractivity contribution < 1.29 is 0 Å². The minimum absolute atomic E-state index is 0.532. The number of aryl methyl sites for hydroxylation is 2. The largest absolute Gasteiger partial charge is 0.322 e. The number of nitrogens with zero attached hydrogens (tertiary/aromatic N) is 2. The van der Waals surface area contributed by atoms with Crippen LogP contribution in [0.25, 0.3) is 0 Å². The third-order valence-electron chi connectivity index (χ3n) is 1.49. The van der Waals surface area contributed by atoms with E-state index < -0.39 is 0 Å². The van der Waals surface area contributed by atoms with Gasteiger partial charge in [0.25, 0.3) is 0 Å². The van der Waals surface area contributed by atoms with Crippen LogP contribution < -0.4 is 5.73 Å². The number of rotatable bonds is 2. The van der Waals surface area contributed by atoms with Gasteiger partial charge >= 0.3 is 0 Å². The zero-order valence-corrected chi connectivity index (χ0v) is 6.46. The Morgan fingerprint density at radius 2 is 2.40 bits per heavy atom. The van der Waals surface area contributed by atoms with Crippen LogP contribution in [0.1, 0.15) is 18.4 Å². The third-order valence-corrected chi connectivity index (χ3v) is 1.49. The van der Waals surface area contributed by atoms with Gasteiger partial charge in [0.1, 0.15) is 5.82 Å². The van der Waals surface area contributed by atoms with Crippen LogP contribution in [0.3, 0.4) is 0 Å². The zero-order valence-electron chi connectivity index (χ0n) is 6.46. The maximum absolute atomic E-state index is 5.46. The fraction of sp³-hybridized carbons (Fsp3) is 0.571. The molecule has 56 valence electrons. The molecule has 0 radical (unpaired) electrons. The molecule has 2 N–H and O–H groups in total. The molecule has 0 aliphatic rings. The van der Waals surface area contributed by atoms with Gasteiger partial charge in [-0.25, -0.2) is 4.98 Å². The molecule has 0 unspecified atom stereocenters. The van der Waals surface area contributed by atoms with E-state index in [9.17, 15) is 0 Å². The molecule has 0 bridgehead atoms. The van der Waals surface area contributed by atoms with E-state index in [1.807, 2.05) is 17.7 Å². The van der Waals surface area contributed by atoms with Gasteiger partial charge in [-0.05, 0) is 6.92 Å². The van der Waals surface area contributed by atoms with E-state index in [1.54, 1.807) is 0 Å². The molecule has 0 spiro atoms. The van der Waals surface area contributed by atoms with Gasteiger partial charge in [0, 0.05) is 12.6 Å². The summed E-state index contributed by atoms with van der Waals surface area (Å²) in [5, 5.41) is 0. The van der Waals surface area contributed by atoms with Gasteiger partial charge in [0.2, 0.25) is 0 Å². The Morgan fingerprint density at radius 3 is 2.80 bits per heavy atom. The molecule has 0 aliphatic carbocycles. The standard InChI is InChI=1S/C7H13N3/c1-3-7-9-6(2)4-10(7)5-8/h4H,3,5,8H2,1-2H3. The van der Waals surface area contributed by atoms with Crippen molar-refractivity contribution in [2.45, 2.75) is 26.9 Å². The Balaban J connectivity index is 2.96. The van der Waals surface area contributed by atoms with Crippen molar-refractivity contribution in [3.05, 3.63) is 17.7 Å². The Bertz CT molecular complexity index is 193. The van der Waals surface area contributed by atoms with E-state index in [-0.39, 0.29) is 0 Å². The summed E-state index contributed by atoms with van der Waals surface area (Å²) in [5.41, 5.74) is 6.51. The summed E-state index contributed by atoms with van der Waals surface area (Å²) < 4.78 is 1.97. The molecule has 10 heavy (non-hydrogen) atoms. The summed E-state index contributed by atoms with van der Waals surface area (Å²) in [6.07, 6.45) is 2.92. The molecule has 0 saturated heterocycles. The van der Waals surface area contributed by atoms with E-state index in [2.05, 4.69) is 11.9 Å². The first-order valence-corrected chi connectivity index (χ1v) is 3.50. The minimum atomic E-state index is 0.532. The second-order valence-electron chi connectivity index (χ2n) is 2.30. The lowest BCUT2D eigenvalue weighted by molar-refractivity contribution is 0.682. The van der Waals surface area contributed by atoms with E-state index in [1.165, 1.54) is 0 Å². The first kappa shape index (κ1) is 7.28. The lowest BCUT2D eigenvalue weighted by Crippen LogP contribution is -2.08. The number of nitrogens with two attached hydrogens (primary N) is 1. The summed E-state index contributed by atoms with van der Waals surface area (Å²) >= 11 is 0. The summed E-state index contributed by atoms with van der Waals surface area (Å²) in [6, 6.07) is 0. The van der Waals surface area contributed by atoms with Gasteiger partial charge in [-0.3, -0.25) is 0 Å². The Kier molecular flexibility index (Phi) is 2.06. The van der Waals surface area contributed by atoms with Crippen molar-refractivity contribution in [2.75, 3.05) is 0 Å². The molecule has 0 amide bonds. The highest BCUT2D eigenvalue weighted by molar-refractivity contribution is 5.01. The lowest BCUT2D eigenvalue weighted by atomic mass is 10.4. The molecule has 0 fully saturated rings. The van der Waals surface area contributed by atoms with Crippen LogP contribution in [-0.4, -0.2) is 9.55 Å². The average molecular weight is 139 g/mol. The molecule has 0 saturated carbocycles. The van der Waals surface area contributed by atoms with Crippen LogP contribution in [0.15, 0.2) is 6.20 Å². The van der Waals surface area contributed by atoms with E-state index >= 15 is 0 Å². The van der Waals surface area contributed by atoms with Gasteiger partial charge in [-0.15, -0.1) is 0 Å². The van der Waals surface area contributed by atoms with Gasteiger partial charge in [-0.2, -0.15) is 0 Å². The molecule has 1 aromatic rings. The maximum Gasteiger partial charge on any atom is 0.109 e. The van der Waals surface area contributed by atoms with Crippen molar-refractivity contribution in [1.29, 1.82) is 0 Å². The highest BCUT2D eigenvalue weighted by Crippen LogP contribution is 2.00. The molecule has 3 nitrogen and oxygen atoms in total. The van der Waals surface area contributed by atoms with E-state index in [0.717, 1.165) is 17.9 Å². The topological polar surface area (TPSA) is 43.8 Å². The molecule has 0 aliphatic heterocycles. The van der Waals surface area contributed by atoms with Crippen LogP contribution in [0.2, 0.25) is 0 Å². The van der Waals surface area contributed by atoms with Crippen molar-refractivity contribution in [2.24, 2.45) is 5.73 Å². The normalized spacial score (nSPS) is 10.3. The molecule has 1 rings (SSSR count). The van der Waals surface area contributed by atoms with Gasteiger partial charge < -0.3 is 10.3 Å². The number of hydrogen-bond donors (Lipinski definition) is 1. The van der Waals surface area contributed by atoms with Crippen LogP contribution in [-0.2, 0) is 13.1 Å². The maximum atomic E-state index is 5.46. The Hall–Kier alpha value is -0.830. The fourth-order valence-corrected chi connectivity index (χ4v) is 1.04. The quantitative estimate of drug-likeness (QED) is 0.654. The van der Waals surface area contributed by atoms with Crippen LogP contribution in [0.4, 0.5) is 0 Å². The number of imidazole rings is 1. The van der Waals surface area contributed by atoms with Crippen LogP contribution >= 0.6 is 0 Å². The molecular formula is C7H13N3. The predicted octanol–water partition coefficient (Wildman–Crippen LogP) is 0.670. The second-order valence-corrected chi connectivity index (χ2v) is 2.30. The Labute approximate surface area is 60.9 Å². The average Bonchev–Trinajstić information content (AvgIpc) is 2.30. The first-order chi connectivity index (χ1) is 4.77. The summed E-state index contributed by atoms with van der Waals surface area (Å²) in [7, 11) is 0. The highest BCUT2D eigenvalue weighted by Gasteiger charge is 1.99. The van der Waals surface area contributed by atoms with Gasteiger partial charge in [-0.1, -0.05) is 6.92 Å². The monoisotopic (exact) mass is 139 g/mol. The number of aromatic nitrogens is 2. The molecule has 3 heteroatoms. The highest BCUT2D eigenvalue weighted by atomic mass is 15.1. The van der Waals surface area contributed by atoms with Gasteiger partial charge in [0.05, 0.1) is 12.4 Å². The van der Waals surface area contributed by atoms with Crippen molar-refractivity contribution >= 4 is 0 Å². The molecule has 0 aromatic carbocycles. The lowest BCUT2D eigenvalue weighted by Gasteiger charge is -1.98. The fourth-order valence-electron chi connectivity index (χ4n) is 1.04. The van der Waals surface area contributed by atoms with E-state index in [0.29, 0.717) is 6.67 Å². The van der Waals surface area contributed by atoms with Gasteiger partial charge in [0.15, 0.2) is 0 Å². The van der Waals surface area contributed by atoms with E-state index in [4.69, 9.17) is 5.73 Å². The van der Waals surface area contributed by atoms with Crippen molar-refractivity contribution in [1.82, 2.24) is 9.55 Å². The second kappa shape index (κ2) is 2.84.